The Morgan fingerprint density at radius 1 is 1.35 bits per heavy atom. The summed E-state index contributed by atoms with van der Waals surface area (Å²) in [7, 11) is 0. The van der Waals surface area contributed by atoms with E-state index in [9.17, 15) is 0 Å². The zero-order chi connectivity index (χ0) is 16.4. The summed E-state index contributed by atoms with van der Waals surface area (Å²) in [5.74, 6) is 9.62. The quantitative estimate of drug-likeness (QED) is 0.541. The van der Waals surface area contributed by atoms with Gasteiger partial charge in [0.25, 0.3) is 0 Å². The number of aryl methyl sites for hydroxylation is 1. The number of thioether (sulfide) groups is 1. The van der Waals surface area contributed by atoms with Crippen LogP contribution in [0.1, 0.15) is 31.3 Å². The number of nitrogens with two attached hydrogens (primary N) is 1. The maximum Gasteiger partial charge on any atom is 0.237 e. The Hall–Kier alpha value is -2.29. The average Bonchev–Trinajstić information content (AvgIpc) is 3.18. The molecule has 0 aliphatic rings. The Balaban J connectivity index is 1.68. The molecule has 0 saturated carbocycles. The first-order chi connectivity index (χ1) is 11.0. The predicted molar refractivity (Wildman–Crippen MR) is 85.0 cm³/mol. The maximum absolute atomic E-state index is 6.06. The van der Waals surface area contributed by atoms with E-state index in [0.717, 1.165) is 23.6 Å². The van der Waals surface area contributed by atoms with Crippen molar-refractivity contribution in [1.82, 2.24) is 25.0 Å². The van der Waals surface area contributed by atoms with E-state index in [4.69, 9.17) is 14.8 Å². The van der Waals surface area contributed by atoms with Crippen molar-refractivity contribution in [3.8, 4) is 11.4 Å². The number of furan rings is 1. The van der Waals surface area contributed by atoms with Crippen molar-refractivity contribution >= 4 is 11.8 Å². The van der Waals surface area contributed by atoms with Crippen molar-refractivity contribution in [3.63, 3.8) is 0 Å². The highest BCUT2D eigenvalue weighted by Crippen LogP contribution is 2.26. The molecule has 8 nitrogen and oxygen atoms in total. The van der Waals surface area contributed by atoms with Crippen LogP contribution in [0.25, 0.3) is 11.4 Å². The Morgan fingerprint density at radius 3 is 2.87 bits per heavy atom. The van der Waals surface area contributed by atoms with Gasteiger partial charge in [-0.1, -0.05) is 30.8 Å². The molecule has 0 spiro atoms. The highest BCUT2D eigenvalue weighted by atomic mass is 32.2. The van der Waals surface area contributed by atoms with Gasteiger partial charge in [-0.3, -0.25) is 0 Å². The summed E-state index contributed by atoms with van der Waals surface area (Å²) in [6, 6.07) is 1.81. The number of aromatic nitrogens is 5. The molecule has 0 saturated heterocycles. The Kier molecular flexibility index (Phi) is 4.37. The average molecular weight is 334 g/mol. The van der Waals surface area contributed by atoms with Gasteiger partial charge in [-0.15, -0.1) is 10.2 Å². The molecule has 3 heterocycles. The lowest BCUT2D eigenvalue weighted by Crippen LogP contribution is -2.11. The van der Waals surface area contributed by atoms with Crippen molar-refractivity contribution in [3.05, 3.63) is 29.8 Å². The van der Waals surface area contributed by atoms with Crippen molar-refractivity contribution in [2.24, 2.45) is 5.92 Å². The summed E-state index contributed by atoms with van der Waals surface area (Å²) in [4.78, 5) is 4.35. The lowest BCUT2D eigenvalue weighted by Gasteiger charge is -2.01. The second kappa shape index (κ2) is 6.45. The maximum atomic E-state index is 6.06. The summed E-state index contributed by atoms with van der Waals surface area (Å²) in [6.45, 7) is 6.08. The van der Waals surface area contributed by atoms with Crippen LogP contribution in [0.15, 0.2) is 26.4 Å². The van der Waals surface area contributed by atoms with Gasteiger partial charge in [0.1, 0.15) is 5.76 Å². The van der Waals surface area contributed by atoms with Gasteiger partial charge in [0.15, 0.2) is 11.6 Å². The van der Waals surface area contributed by atoms with Crippen LogP contribution in [0.4, 0.5) is 0 Å². The number of nitrogen functional groups attached to an aromatic ring is 1. The lowest BCUT2D eigenvalue weighted by atomic mass is 10.1. The van der Waals surface area contributed by atoms with Crippen LogP contribution < -0.4 is 5.84 Å². The second-order valence-corrected chi connectivity index (χ2v) is 6.50. The monoisotopic (exact) mass is 334 g/mol. The van der Waals surface area contributed by atoms with Gasteiger partial charge in [-0.05, 0) is 18.9 Å². The van der Waals surface area contributed by atoms with Crippen molar-refractivity contribution < 1.29 is 8.94 Å². The fraction of sp³-hybridized carbons (Fsp3) is 0.429. The summed E-state index contributed by atoms with van der Waals surface area (Å²) in [6.07, 6.45) is 2.39. The van der Waals surface area contributed by atoms with Crippen molar-refractivity contribution in [1.29, 1.82) is 0 Å². The molecule has 0 aliphatic heterocycles. The second-order valence-electron chi connectivity index (χ2n) is 5.56. The van der Waals surface area contributed by atoms with Gasteiger partial charge in [0, 0.05) is 6.42 Å². The fourth-order valence-corrected chi connectivity index (χ4v) is 2.79. The Labute approximate surface area is 137 Å². The Bertz CT molecular complexity index is 791. The topological polar surface area (TPSA) is 109 Å². The molecule has 0 bridgehead atoms. The van der Waals surface area contributed by atoms with Crippen LogP contribution in [0, 0.1) is 12.8 Å². The standard InChI is InChI=1S/C14H18N6O2S/c1-8(2)6-11-16-12(22-19-11)7-23-14-18-17-13(20(14)15)10-4-5-21-9(10)3/h4-5,8H,6-7,15H2,1-3H3. The van der Waals surface area contributed by atoms with Crippen LogP contribution in [-0.2, 0) is 12.2 Å². The van der Waals surface area contributed by atoms with Gasteiger partial charge in [0.05, 0.1) is 17.6 Å². The minimum atomic E-state index is 0.487. The summed E-state index contributed by atoms with van der Waals surface area (Å²) in [5.41, 5.74) is 0.823. The van der Waals surface area contributed by atoms with E-state index < -0.39 is 0 Å². The molecule has 122 valence electrons. The first kappa shape index (κ1) is 15.6. The molecular formula is C14H18N6O2S. The van der Waals surface area contributed by atoms with Crippen LogP contribution in [0.2, 0.25) is 0 Å². The van der Waals surface area contributed by atoms with E-state index >= 15 is 0 Å². The molecule has 0 unspecified atom stereocenters. The molecule has 23 heavy (non-hydrogen) atoms. The van der Waals surface area contributed by atoms with Gasteiger partial charge >= 0.3 is 0 Å². The number of hydrogen-bond donors (Lipinski definition) is 1. The lowest BCUT2D eigenvalue weighted by molar-refractivity contribution is 0.382. The zero-order valence-corrected chi connectivity index (χ0v) is 14.0. The van der Waals surface area contributed by atoms with Crippen molar-refractivity contribution in [2.45, 2.75) is 38.1 Å². The number of rotatable bonds is 6. The molecule has 0 aromatic carbocycles. The zero-order valence-electron chi connectivity index (χ0n) is 13.2. The summed E-state index contributed by atoms with van der Waals surface area (Å²) < 4.78 is 11.9. The summed E-state index contributed by atoms with van der Waals surface area (Å²) in [5, 5.41) is 12.8. The third-order valence-electron chi connectivity index (χ3n) is 3.19. The smallest absolute Gasteiger partial charge is 0.237 e. The van der Waals surface area contributed by atoms with Crippen LogP contribution in [-0.4, -0.2) is 25.0 Å². The third-order valence-corrected chi connectivity index (χ3v) is 4.12. The van der Waals surface area contributed by atoms with Gasteiger partial charge < -0.3 is 14.8 Å². The molecule has 9 heteroatoms. The van der Waals surface area contributed by atoms with Crippen LogP contribution in [0.5, 0.6) is 0 Å². The van der Waals surface area contributed by atoms with Gasteiger partial charge in [0.2, 0.25) is 11.0 Å². The molecular weight excluding hydrogens is 316 g/mol. The molecule has 0 radical (unpaired) electrons. The molecule has 3 aromatic heterocycles. The highest BCUT2D eigenvalue weighted by Gasteiger charge is 2.17. The molecule has 3 aromatic rings. The first-order valence-electron chi connectivity index (χ1n) is 7.23. The van der Waals surface area contributed by atoms with Gasteiger partial charge in [-0.2, -0.15) is 4.98 Å². The van der Waals surface area contributed by atoms with E-state index in [2.05, 4.69) is 34.2 Å². The number of nitrogens with zero attached hydrogens (tertiary/aromatic N) is 5. The van der Waals surface area contributed by atoms with E-state index in [1.54, 1.807) is 6.26 Å². The molecule has 0 aliphatic carbocycles. The SMILES string of the molecule is Cc1occc1-c1nnc(SCc2nc(CC(C)C)no2)n1N. The van der Waals surface area contributed by atoms with E-state index in [-0.39, 0.29) is 0 Å². The minimum absolute atomic E-state index is 0.487. The first-order valence-corrected chi connectivity index (χ1v) is 8.22. The number of hydrogen-bond acceptors (Lipinski definition) is 8. The third kappa shape index (κ3) is 3.39. The molecule has 0 atom stereocenters. The highest BCUT2D eigenvalue weighted by molar-refractivity contribution is 7.98. The van der Waals surface area contributed by atoms with Gasteiger partial charge in [-0.25, -0.2) is 4.68 Å². The predicted octanol–water partition coefficient (Wildman–Crippen LogP) is 2.43. The molecule has 3 rings (SSSR count). The molecule has 0 amide bonds. The molecule has 2 N–H and O–H groups in total. The minimum Gasteiger partial charge on any atom is -0.469 e. The van der Waals surface area contributed by atoms with Crippen LogP contribution >= 0.6 is 11.8 Å². The molecule has 0 fully saturated rings. The fourth-order valence-electron chi connectivity index (χ4n) is 2.10. The van der Waals surface area contributed by atoms with Crippen molar-refractivity contribution in [2.75, 3.05) is 5.84 Å². The van der Waals surface area contributed by atoms with E-state index in [0.29, 0.717) is 28.5 Å². The van der Waals surface area contributed by atoms with Crippen LogP contribution in [0.3, 0.4) is 0 Å². The normalized spacial score (nSPS) is 11.5. The van der Waals surface area contributed by atoms with E-state index in [1.807, 2.05) is 13.0 Å². The Morgan fingerprint density at radius 2 is 2.17 bits per heavy atom. The largest absolute Gasteiger partial charge is 0.469 e. The summed E-state index contributed by atoms with van der Waals surface area (Å²) >= 11 is 1.39. The van der Waals surface area contributed by atoms with E-state index in [1.165, 1.54) is 16.4 Å².